The van der Waals surface area contributed by atoms with Crippen LogP contribution in [0.1, 0.15) is 40.3 Å². The normalized spacial score (nSPS) is 16.3. The maximum absolute atomic E-state index is 8.88. The Bertz CT molecular complexity index is 716. The first kappa shape index (κ1) is 13.7. The van der Waals surface area contributed by atoms with Gasteiger partial charge in [0.15, 0.2) is 0 Å². The Morgan fingerprint density at radius 2 is 2.14 bits per heavy atom. The molecule has 1 aliphatic rings. The van der Waals surface area contributed by atoms with E-state index in [2.05, 4.69) is 18.2 Å². The Labute approximate surface area is 125 Å². The van der Waals surface area contributed by atoms with E-state index in [0.717, 1.165) is 29.7 Å². The van der Waals surface area contributed by atoms with Gasteiger partial charge in [0.25, 0.3) is 0 Å². The van der Waals surface area contributed by atoms with E-state index in [-0.39, 0.29) is 6.04 Å². The summed E-state index contributed by atoms with van der Waals surface area (Å²) in [5.74, 6) is 0.881. The number of rotatable bonds is 3. The molecule has 0 aromatic heterocycles. The zero-order chi connectivity index (χ0) is 14.8. The van der Waals surface area contributed by atoms with E-state index in [0.29, 0.717) is 12.2 Å². The molecule has 3 rings (SSSR count). The SMILES string of the molecule is Cc1cc(C#N)ccc1COc1ccc2c(c1)CCC2N. The fraction of sp³-hybridized carbons (Fsp3) is 0.278. The van der Waals surface area contributed by atoms with Crippen molar-refractivity contribution in [3.8, 4) is 11.8 Å². The van der Waals surface area contributed by atoms with Gasteiger partial charge in [0.1, 0.15) is 12.4 Å². The fourth-order valence-corrected chi connectivity index (χ4v) is 2.81. The third-order valence-corrected chi connectivity index (χ3v) is 4.10. The Kier molecular flexibility index (Phi) is 3.64. The van der Waals surface area contributed by atoms with Crippen LogP contribution in [0.25, 0.3) is 0 Å². The molecule has 2 aromatic rings. The van der Waals surface area contributed by atoms with Crippen LogP contribution >= 0.6 is 0 Å². The molecule has 106 valence electrons. The molecule has 0 amide bonds. The van der Waals surface area contributed by atoms with E-state index in [4.69, 9.17) is 15.7 Å². The van der Waals surface area contributed by atoms with Crippen LogP contribution in [0.3, 0.4) is 0 Å². The molecule has 0 saturated heterocycles. The minimum absolute atomic E-state index is 0.176. The van der Waals surface area contributed by atoms with E-state index in [1.807, 2.05) is 31.2 Å². The lowest BCUT2D eigenvalue weighted by Gasteiger charge is -2.11. The molecule has 0 spiro atoms. The maximum atomic E-state index is 8.88. The number of fused-ring (bicyclic) bond motifs is 1. The second-order valence-electron chi connectivity index (χ2n) is 5.55. The van der Waals surface area contributed by atoms with E-state index in [1.54, 1.807) is 0 Å². The molecule has 0 heterocycles. The van der Waals surface area contributed by atoms with E-state index >= 15 is 0 Å². The minimum Gasteiger partial charge on any atom is -0.489 e. The molecule has 3 nitrogen and oxygen atoms in total. The topological polar surface area (TPSA) is 59.0 Å². The number of nitriles is 1. The summed E-state index contributed by atoms with van der Waals surface area (Å²) in [6.45, 7) is 2.52. The number of nitrogens with two attached hydrogens (primary N) is 1. The summed E-state index contributed by atoms with van der Waals surface area (Å²) in [6, 6.07) is 14.2. The zero-order valence-corrected chi connectivity index (χ0v) is 12.1. The quantitative estimate of drug-likeness (QED) is 0.936. The molecule has 0 bridgehead atoms. The van der Waals surface area contributed by atoms with Crippen molar-refractivity contribution in [3.63, 3.8) is 0 Å². The molecule has 2 aromatic carbocycles. The first-order chi connectivity index (χ1) is 10.2. The highest BCUT2D eigenvalue weighted by molar-refractivity contribution is 5.41. The molecule has 1 unspecified atom stereocenters. The lowest BCUT2D eigenvalue weighted by Crippen LogP contribution is -2.05. The summed E-state index contributed by atoms with van der Waals surface area (Å²) >= 11 is 0. The third-order valence-electron chi connectivity index (χ3n) is 4.10. The van der Waals surface area contributed by atoms with Gasteiger partial charge in [0, 0.05) is 6.04 Å². The Morgan fingerprint density at radius 3 is 2.90 bits per heavy atom. The number of hydrogen-bond donors (Lipinski definition) is 1. The average Bonchev–Trinajstić information content (AvgIpc) is 2.87. The van der Waals surface area contributed by atoms with Gasteiger partial charge in [-0.3, -0.25) is 0 Å². The van der Waals surface area contributed by atoms with Crippen LogP contribution in [0.15, 0.2) is 36.4 Å². The predicted octanol–water partition coefficient (Wildman–Crippen LogP) is 3.39. The van der Waals surface area contributed by atoms with Gasteiger partial charge >= 0.3 is 0 Å². The van der Waals surface area contributed by atoms with Crippen molar-refractivity contribution in [1.29, 1.82) is 5.26 Å². The molecule has 21 heavy (non-hydrogen) atoms. The summed E-state index contributed by atoms with van der Waals surface area (Å²) in [5.41, 5.74) is 11.5. The highest BCUT2D eigenvalue weighted by Crippen LogP contribution is 2.32. The van der Waals surface area contributed by atoms with Crippen LogP contribution < -0.4 is 10.5 Å². The van der Waals surface area contributed by atoms with Gasteiger partial charge in [-0.2, -0.15) is 5.26 Å². The molecule has 0 saturated carbocycles. The second-order valence-corrected chi connectivity index (χ2v) is 5.55. The van der Waals surface area contributed by atoms with E-state index in [1.165, 1.54) is 11.1 Å². The second kappa shape index (κ2) is 5.59. The monoisotopic (exact) mass is 278 g/mol. The first-order valence-corrected chi connectivity index (χ1v) is 7.18. The van der Waals surface area contributed by atoms with Gasteiger partial charge in [-0.25, -0.2) is 0 Å². The highest BCUT2D eigenvalue weighted by atomic mass is 16.5. The molecule has 0 radical (unpaired) electrons. The van der Waals surface area contributed by atoms with Crippen molar-refractivity contribution in [1.82, 2.24) is 0 Å². The third kappa shape index (κ3) is 2.76. The van der Waals surface area contributed by atoms with Gasteiger partial charge in [0.05, 0.1) is 11.6 Å². The van der Waals surface area contributed by atoms with Crippen molar-refractivity contribution in [2.24, 2.45) is 5.73 Å². The molecule has 0 aliphatic heterocycles. The predicted molar refractivity (Wildman–Crippen MR) is 81.9 cm³/mol. The van der Waals surface area contributed by atoms with Gasteiger partial charge in [-0.05, 0) is 66.3 Å². The number of benzene rings is 2. The summed E-state index contributed by atoms with van der Waals surface area (Å²) in [6.07, 6.45) is 2.05. The number of ether oxygens (including phenoxy) is 1. The summed E-state index contributed by atoms with van der Waals surface area (Å²) in [5, 5.41) is 8.88. The van der Waals surface area contributed by atoms with Crippen LogP contribution in [0.5, 0.6) is 5.75 Å². The highest BCUT2D eigenvalue weighted by Gasteiger charge is 2.19. The first-order valence-electron chi connectivity index (χ1n) is 7.18. The Hall–Kier alpha value is -2.31. The molecular weight excluding hydrogens is 260 g/mol. The molecule has 1 atom stereocenters. The van der Waals surface area contributed by atoms with Gasteiger partial charge in [-0.1, -0.05) is 12.1 Å². The van der Waals surface area contributed by atoms with Crippen LogP contribution in [0.2, 0.25) is 0 Å². The molecule has 2 N–H and O–H groups in total. The number of hydrogen-bond acceptors (Lipinski definition) is 3. The lowest BCUT2D eigenvalue weighted by atomic mass is 10.1. The van der Waals surface area contributed by atoms with Gasteiger partial charge in [0.2, 0.25) is 0 Å². The standard InChI is InChI=1S/C18H18N2O/c1-12-8-13(10-19)2-3-15(12)11-21-16-5-6-17-14(9-16)4-7-18(17)20/h2-3,5-6,8-9,18H,4,7,11,20H2,1H3. The molecule has 1 aliphatic carbocycles. The average molecular weight is 278 g/mol. The van der Waals surface area contributed by atoms with E-state index < -0.39 is 0 Å². The van der Waals surface area contributed by atoms with Crippen LogP contribution in [0.4, 0.5) is 0 Å². The molecule has 3 heteroatoms. The smallest absolute Gasteiger partial charge is 0.120 e. The summed E-state index contributed by atoms with van der Waals surface area (Å²) < 4.78 is 5.88. The van der Waals surface area contributed by atoms with Gasteiger partial charge < -0.3 is 10.5 Å². The molecule has 0 fully saturated rings. The largest absolute Gasteiger partial charge is 0.489 e. The van der Waals surface area contributed by atoms with E-state index in [9.17, 15) is 0 Å². The van der Waals surface area contributed by atoms with Crippen molar-refractivity contribution in [2.45, 2.75) is 32.4 Å². The van der Waals surface area contributed by atoms with Crippen LogP contribution in [-0.2, 0) is 13.0 Å². The van der Waals surface area contributed by atoms with Gasteiger partial charge in [-0.15, -0.1) is 0 Å². The summed E-state index contributed by atoms with van der Waals surface area (Å²) in [4.78, 5) is 0. The zero-order valence-electron chi connectivity index (χ0n) is 12.1. The van der Waals surface area contributed by atoms with Crippen molar-refractivity contribution in [2.75, 3.05) is 0 Å². The van der Waals surface area contributed by atoms with Crippen molar-refractivity contribution in [3.05, 3.63) is 64.2 Å². The Morgan fingerprint density at radius 1 is 1.29 bits per heavy atom. The minimum atomic E-state index is 0.176. The summed E-state index contributed by atoms with van der Waals surface area (Å²) in [7, 11) is 0. The maximum Gasteiger partial charge on any atom is 0.120 e. The van der Waals surface area contributed by atoms with Crippen LogP contribution in [0, 0.1) is 18.3 Å². The fourth-order valence-electron chi connectivity index (χ4n) is 2.81. The Balaban J connectivity index is 1.72. The number of aryl methyl sites for hydroxylation is 2. The lowest BCUT2D eigenvalue weighted by molar-refractivity contribution is 0.305. The number of nitrogens with zero attached hydrogens (tertiary/aromatic N) is 1. The molecular formula is C18H18N2O. The van der Waals surface area contributed by atoms with Crippen molar-refractivity contribution < 1.29 is 4.74 Å². The van der Waals surface area contributed by atoms with Crippen LogP contribution in [-0.4, -0.2) is 0 Å². The van der Waals surface area contributed by atoms with Crippen molar-refractivity contribution >= 4 is 0 Å².